The second-order valence-corrected chi connectivity index (χ2v) is 8.03. The Morgan fingerprint density at radius 2 is 1.61 bits per heavy atom. The van der Waals surface area contributed by atoms with E-state index >= 15 is 0 Å². The quantitative estimate of drug-likeness (QED) is 0.236. The largest absolute Gasteiger partial charge is 0.481 e. The van der Waals surface area contributed by atoms with Crippen LogP contribution < -0.4 is 27.0 Å². The molecule has 2 atom stereocenters. The smallest absolute Gasteiger partial charge is 0.312 e. The van der Waals surface area contributed by atoms with Gasteiger partial charge in [0.1, 0.15) is 12.1 Å². The summed E-state index contributed by atoms with van der Waals surface area (Å²) in [7, 11) is 0. The lowest BCUT2D eigenvalue weighted by atomic mass is 10.0. The minimum atomic E-state index is -1.12. The van der Waals surface area contributed by atoms with Gasteiger partial charge in [-0.15, -0.1) is 0 Å². The van der Waals surface area contributed by atoms with Crippen LogP contribution in [0.25, 0.3) is 0 Å². The Morgan fingerprint density at radius 1 is 0.970 bits per heavy atom. The van der Waals surface area contributed by atoms with Crippen molar-refractivity contribution in [2.45, 2.75) is 58.5 Å². The van der Waals surface area contributed by atoms with Crippen LogP contribution in [0.1, 0.15) is 45.1 Å². The molecule has 0 heterocycles. The van der Waals surface area contributed by atoms with E-state index in [4.69, 9.17) is 10.8 Å². The first-order valence-electron chi connectivity index (χ1n) is 10.7. The fourth-order valence-corrected chi connectivity index (χ4v) is 2.92. The third kappa shape index (κ3) is 11.0. The predicted molar refractivity (Wildman–Crippen MR) is 122 cm³/mol. The van der Waals surface area contributed by atoms with Gasteiger partial charge in [0, 0.05) is 18.7 Å². The third-order valence-electron chi connectivity index (χ3n) is 4.75. The number of aryl methyl sites for hydroxylation is 1. The summed E-state index contributed by atoms with van der Waals surface area (Å²) in [4.78, 5) is 59.4. The number of carbonyl (C=O) groups is 5. The molecule has 0 spiro atoms. The van der Waals surface area contributed by atoms with Crippen LogP contribution in [0.3, 0.4) is 0 Å². The first kappa shape index (κ1) is 27.4. The summed E-state index contributed by atoms with van der Waals surface area (Å²) in [6.07, 6.45) is -0.0390. The molecular weight excluding hydrogens is 430 g/mol. The lowest BCUT2D eigenvalue weighted by Gasteiger charge is -2.25. The number of carboxylic acid groups (broad SMARTS) is 1. The zero-order chi connectivity index (χ0) is 25.0. The van der Waals surface area contributed by atoms with E-state index in [9.17, 15) is 24.0 Å². The van der Waals surface area contributed by atoms with Gasteiger partial charge in [-0.3, -0.25) is 19.2 Å². The van der Waals surface area contributed by atoms with E-state index in [0.717, 1.165) is 5.56 Å². The summed E-state index contributed by atoms with van der Waals surface area (Å²) in [5, 5.41) is 19.1. The van der Waals surface area contributed by atoms with E-state index in [2.05, 4.69) is 21.3 Å². The average molecular weight is 464 g/mol. The van der Waals surface area contributed by atoms with Crippen molar-refractivity contribution < 1.29 is 29.1 Å². The van der Waals surface area contributed by atoms with E-state index < -0.39 is 41.8 Å². The molecule has 0 bridgehead atoms. The van der Waals surface area contributed by atoms with E-state index in [0.29, 0.717) is 12.1 Å². The predicted octanol–water partition coefficient (Wildman–Crippen LogP) is 0.872. The van der Waals surface area contributed by atoms with Gasteiger partial charge in [-0.1, -0.05) is 31.5 Å². The van der Waals surface area contributed by atoms with Crippen LogP contribution >= 0.6 is 0 Å². The van der Waals surface area contributed by atoms with Gasteiger partial charge in [-0.2, -0.15) is 0 Å². The number of primary amides is 1. The van der Waals surface area contributed by atoms with Crippen LogP contribution in [-0.4, -0.2) is 53.5 Å². The summed E-state index contributed by atoms with van der Waals surface area (Å²) < 4.78 is 0. The van der Waals surface area contributed by atoms with Gasteiger partial charge in [0.15, 0.2) is 0 Å². The topological polar surface area (TPSA) is 180 Å². The number of hydrogen-bond acceptors (Lipinski definition) is 5. The fraction of sp³-hybridized carbons (Fsp3) is 0.500. The number of nitrogens with two attached hydrogens (primary N) is 1. The van der Waals surface area contributed by atoms with E-state index in [1.165, 1.54) is 0 Å². The van der Waals surface area contributed by atoms with Crippen molar-refractivity contribution in [1.82, 2.24) is 16.0 Å². The Morgan fingerprint density at radius 3 is 2.15 bits per heavy atom. The third-order valence-corrected chi connectivity index (χ3v) is 4.75. The summed E-state index contributed by atoms with van der Waals surface area (Å²) in [5.41, 5.74) is 6.63. The number of benzene rings is 1. The second-order valence-electron chi connectivity index (χ2n) is 8.03. The maximum absolute atomic E-state index is 12.9. The maximum atomic E-state index is 12.9. The molecule has 0 aromatic heterocycles. The van der Waals surface area contributed by atoms with Crippen LogP contribution in [0.5, 0.6) is 0 Å². The lowest BCUT2D eigenvalue weighted by molar-refractivity contribution is -0.139. The highest BCUT2D eigenvalue weighted by molar-refractivity contribution is 5.98. The summed E-state index contributed by atoms with van der Waals surface area (Å²) in [6, 6.07) is 4.56. The highest BCUT2D eigenvalue weighted by Crippen LogP contribution is 2.11. The molecule has 11 nitrogen and oxygen atoms in total. The molecule has 5 amide bonds. The SMILES string of the molecule is Cc1ccc(NC(=O)[C@H](CCCNC(N)=O)NC(=O)[C@@H](NC(=O)CCC(=O)O)C(C)C)cc1. The van der Waals surface area contributed by atoms with Gasteiger partial charge in [0.2, 0.25) is 17.7 Å². The van der Waals surface area contributed by atoms with Crippen molar-refractivity contribution in [3.8, 4) is 0 Å². The van der Waals surface area contributed by atoms with Gasteiger partial charge in [-0.25, -0.2) is 4.79 Å². The normalized spacial score (nSPS) is 12.4. The second kappa shape index (κ2) is 13.7. The highest BCUT2D eigenvalue weighted by Gasteiger charge is 2.28. The van der Waals surface area contributed by atoms with Crippen molar-refractivity contribution in [2.75, 3.05) is 11.9 Å². The molecule has 33 heavy (non-hydrogen) atoms. The number of carboxylic acids is 1. The van der Waals surface area contributed by atoms with Gasteiger partial charge in [0.25, 0.3) is 0 Å². The van der Waals surface area contributed by atoms with Crippen LogP contribution in [-0.2, 0) is 19.2 Å². The van der Waals surface area contributed by atoms with E-state index in [1.54, 1.807) is 26.0 Å². The molecule has 0 saturated heterocycles. The molecule has 0 aliphatic rings. The molecule has 1 aromatic carbocycles. The van der Waals surface area contributed by atoms with Crippen molar-refractivity contribution in [2.24, 2.45) is 11.7 Å². The molecule has 0 unspecified atom stereocenters. The molecule has 182 valence electrons. The van der Waals surface area contributed by atoms with Gasteiger partial charge in [0.05, 0.1) is 6.42 Å². The Hall–Kier alpha value is -3.63. The number of nitrogens with one attached hydrogen (secondary N) is 4. The first-order chi connectivity index (χ1) is 15.5. The Balaban J connectivity index is 2.87. The first-order valence-corrected chi connectivity index (χ1v) is 10.7. The molecular formula is C22H33N5O6. The number of carbonyl (C=O) groups excluding carboxylic acids is 4. The highest BCUT2D eigenvalue weighted by atomic mass is 16.4. The lowest BCUT2D eigenvalue weighted by Crippen LogP contribution is -2.54. The standard InChI is InChI=1S/C22H33N5O6/c1-13(2)19(27-17(28)10-11-18(29)30)21(32)26-16(5-4-12-24-22(23)33)20(31)25-15-8-6-14(3)7-9-15/h6-9,13,16,19H,4-5,10-12H2,1-3H3,(H,25,31)(H,26,32)(H,27,28)(H,29,30)(H3,23,24,33)/t16-,19-/m0/s1. The van der Waals surface area contributed by atoms with E-state index in [-0.39, 0.29) is 31.7 Å². The molecule has 1 rings (SSSR count). The molecule has 0 fully saturated rings. The molecule has 0 aliphatic heterocycles. The number of aliphatic carboxylic acids is 1. The Labute approximate surface area is 192 Å². The minimum absolute atomic E-state index is 0.210. The van der Waals surface area contributed by atoms with Gasteiger partial charge in [-0.05, 0) is 37.8 Å². The van der Waals surface area contributed by atoms with Crippen molar-refractivity contribution in [3.63, 3.8) is 0 Å². The number of amides is 5. The van der Waals surface area contributed by atoms with Gasteiger partial charge >= 0.3 is 12.0 Å². The number of hydrogen-bond donors (Lipinski definition) is 6. The summed E-state index contributed by atoms with van der Waals surface area (Å²) >= 11 is 0. The van der Waals surface area contributed by atoms with Crippen molar-refractivity contribution in [3.05, 3.63) is 29.8 Å². The zero-order valence-corrected chi connectivity index (χ0v) is 19.1. The zero-order valence-electron chi connectivity index (χ0n) is 19.1. The van der Waals surface area contributed by atoms with Gasteiger partial charge < -0.3 is 32.1 Å². The Bertz CT molecular complexity index is 840. The average Bonchev–Trinajstić information content (AvgIpc) is 2.73. The van der Waals surface area contributed by atoms with Crippen LogP contribution in [0.4, 0.5) is 10.5 Å². The molecule has 7 N–H and O–H groups in total. The van der Waals surface area contributed by atoms with Crippen LogP contribution in [0, 0.1) is 12.8 Å². The van der Waals surface area contributed by atoms with Crippen LogP contribution in [0.15, 0.2) is 24.3 Å². The minimum Gasteiger partial charge on any atom is -0.481 e. The molecule has 0 aliphatic carbocycles. The molecule has 11 heteroatoms. The number of rotatable bonds is 13. The molecule has 0 saturated carbocycles. The number of anilines is 1. The van der Waals surface area contributed by atoms with Crippen molar-refractivity contribution >= 4 is 35.4 Å². The van der Waals surface area contributed by atoms with Crippen LogP contribution in [0.2, 0.25) is 0 Å². The number of urea groups is 1. The fourth-order valence-electron chi connectivity index (χ4n) is 2.92. The van der Waals surface area contributed by atoms with Crippen molar-refractivity contribution in [1.29, 1.82) is 0 Å². The molecule has 0 radical (unpaired) electrons. The molecule has 1 aromatic rings. The monoisotopic (exact) mass is 463 g/mol. The van der Waals surface area contributed by atoms with E-state index in [1.807, 2.05) is 19.1 Å². The summed E-state index contributed by atoms with van der Waals surface area (Å²) in [5.74, 6) is -3.02. The Kier molecular flexibility index (Phi) is 11.4. The summed E-state index contributed by atoms with van der Waals surface area (Å²) in [6.45, 7) is 5.58. The maximum Gasteiger partial charge on any atom is 0.312 e.